The molecule has 0 unspecified atom stereocenters. The van der Waals surface area contributed by atoms with Crippen molar-refractivity contribution in [2.45, 2.75) is 6.92 Å². The van der Waals surface area contributed by atoms with Crippen LogP contribution in [0.1, 0.15) is 11.3 Å². The highest BCUT2D eigenvalue weighted by Gasteiger charge is 2.08. The van der Waals surface area contributed by atoms with E-state index in [1.807, 2.05) is 0 Å². The number of amides is 1. The van der Waals surface area contributed by atoms with Crippen LogP contribution in [0.4, 0.5) is 10.2 Å². The highest BCUT2D eigenvalue weighted by Crippen LogP contribution is 2.18. The highest BCUT2D eigenvalue weighted by molar-refractivity contribution is 5.94. The molecule has 2 rings (SSSR count). The van der Waals surface area contributed by atoms with Gasteiger partial charge < -0.3 is 19.3 Å². The second-order valence-electron chi connectivity index (χ2n) is 4.71. The maximum atomic E-state index is 13.5. The fraction of sp³-hybridized carbons (Fsp3) is 0.188. The number of aromatic nitrogens is 1. The van der Waals surface area contributed by atoms with E-state index in [9.17, 15) is 14.0 Å². The van der Waals surface area contributed by atoms with Crippen LogP contribution in [0.15, 0.2) is 34.9 Å². The van der Waals surface area contributed by atoms with Crippen molar-refractivity contribution in [1.29, 1.82) is 0 Å². The van der Waals surface area contributed by atoms with Gasteiger partial charge in [0.25, 0.3) is 5.91 Å². The molecule has 8 heteroatoms. The number of carbonyl (C=O) groups is 2. The van der Waals surface area contributed by atoms with E-state index in [0.717, 1.165) is 6.08 Å². The van der Waals surface area contributed by atoms with Crippen molar-refractivity contribution in [3.05, 3.63) is 47.5 Å². The van der Waals surface area contributed by atoms with E-state index in [1.165, 1.54) is 31.4 Å². The Labute approximate surface area is 137 Å². The summed E-state index contributed by atoms with van der Waals surface area (Å²) in [5, 5.41) is 5.98. The number of rotatable bonds is 6. The molecule has 0 fully saturated rings. The second-order valence-corrected chi connectivity index (χ2v) is 4.71. The van der Waals surface area contributed by atoms with Crippen LogP contribution in [-0.4, -0.2) is 30.7 Å². The number of benzene rings is 1. The zero-order chi connectivity index (χ0) is 17.5. The molecule has 0 aliphatic heterocycles. The Morgan fingerprint density at radius 3 is 2.79 bits per heavy atom. The predicted octanol–water partition coefficient (Wildman–Crippen LogP) is 2.33. The van der Waals surface area contributed by atoms with Gasteiger partial charge in [-0.3, -0.25) is 4.79 Å². The van der Waals surface area contributed by atoms with Crippen molar-refractivity contribution in [3.8, 4) is 5.75 Å². The number of aryl methyl sites for hydroxylation is 1. The van der Waals surface area contributed by atoms with Crippen molar-refractivity contribution in [1.82, 2.24) is 5.16 Å². The molecule has 7 nitrogen and oxygen atoms in total. The van der Waals surface area contributed by atoms with Crippen LogP contribution in [0, 0.1) is 12.7 Å². The molecule has 1 N–H and O–H groups in total. The molecule has 0 bridgehead atoms. The molecule has 0 saturated carbocycles. The minimum absolute atomic E-state index is 0.106. The first-order valence-electron chi connectivity index (χ1n) is 6.89. The van der Waals surface area contributed by atoms with E-state index in [0.29, 0.717) is 11.3 Å². The average molecular weight is 334 g/mol. The average Bonchev–Trinajstić information content (AvgIpc) is 2.96. The molecule has 1 amide bonds. The molecular weight excluding hydrogens is 319 g/mol. The van der Waals surface area contributed by atoms with Crippen LogP contribution in [0.3, 0.4) is 0 Å². The van der Waals surface area contributed by atoms with Gasteiger partial charge >= 0.3 is 5.97 Å². The quantitative estimate of drug-likeness (QED) is 0.644. The van der Waals surface area contributed by atoms with Crippen molar-refractivity contribution >= 4 is 23.8 Å². The first-order valence-corrected chi connectivity index (χ1v) is 6.89. The summed E-state index contributed by atoms with van der Waals surface area (Å²) >= 11 is 0. The van der Waals surface area contributed by atoms with Gasteiger partial charge in [0.2, 0.25) is 0 Å². The fourth-order valence-electron chi connectivity index (χ4n) is 1.74. The van der Waals surface area contributed by atoms with E-state index >= 15 is 0 Å². The van der Waals surface area contributed by atoms with E-state index in [4.69, 9.17) is 14.0 Å². The van der Waals surface area contributed by atoms with E-state index in [-0.39, 0.29) is 11.6 Å². The molecule has 1 aromatic carbocycles. The smallest absolute Gasteiger partial charge is 0.331 e. The lowest BCUT2D eigenvalue weighted by molar-refractivity contribution is -0.142. The zero-order valence-electron chi connectivity index (χ0n) is 13.0. The van der Waals surface area contributed by atoms with Crippen LogP contribution in [0.5, 0.6) is 5.75 Å². The minimum atomic E-state index is -0.738. The zero-order valence-corrected chi connectivity index (χ0v) is 13.0. The molecule has 0 aliphatic carbocycles. The summed E-state index contributed by atoms with van der Waals surface area (Å²) in [5.74, 6) is -0.960. The molecule has 2 aromatic rings. The number of nitrogens with one attached hydrogen (secondary N) is 1. The maximum Gasteiger partial charge on any atom is 0.331 e. The molecule has 0 spiro atoms. The Morgan fingerprint density at radius 2 is 2.17 bits per heavy atom. The molecule has 1 heterocycles. The van der Waals surface area contributed by atoms with Gasteiger partial charge in [0.15, 0.2) is 24.0 Å². The summed E-state index contributed by atoms with van der Waals surface area (Å²) < 4.78 is 27.8. The third-order valence-electron chi connectivity index (χ3n) is 2.83. The predicted molar refractivity (Wildman–Crippen MR) is 82.8 cm³/mol. The third-order valence-corrected chi connectivity index (χ3v) is 2.83. The number of hydrogen-bond acceptors (Lipinski definition) is 6. The van der Waals surface area contributed by atoms with Gasteiger partial charge in [-0.1, -0.05) is 11.2 Å². The van der Waals surface area contributed by atoms with Gasteiger partial charge in [-0.05, 0) is 30.7 Å². The van der Waals surface area contributed by atoms with Crippen LogP contribution in [0.25, 0.3) is 6.08 Å². The van der Waals surface area contributed by atoms with Gasteiger partial charge in [-0.2, -0.15) is 0 Å². The topological polar surface area (TPSA) is 90.7 Å². The number of ether oxygens (including phenoxy) is 2. The largest absolute Gasteiger partial charge is 0.494 e. The molecule has 1 aromatic heterocycles. The fourth-order valence-corrected chi connectivity index (χ4v) is 1.74. The summed E-state index contributed by atoms with van der Waals surface area (Å²) in [5.41, 5.74) is 0.452. The molecule has 0 radical (unpaired) electrons. The van der Waals surface area contributed by atoms with E-state index in [2.05, 4.69) is 10.5 Å². The van der Waals surface area contributed by atoms with Gasteiger partial charge in [0.05, 0.1) is 7.11 Å². The van der Waals surface area contributed by atoms with E-state index in [1.54, 1.807) is 13.0 Å². The Bertz CT molecular complexity index is 770. The number of anilines is 1. The Morgan fingerprint density at radius 1 is 1.38 bits per heavy atom. The van der Waals surface area contributed by atoms with Crippen molar-refractivity contribution in [2.24, 2.45) is 0 Å². The third kappa shape index (κ3) is 4.94. The highest BCUT2D eigenvalue weighted by atomic mass is 19.1. The first-order chi connectivity index (χ1) is 11.5. The molecule has 0 atom stereocenters. The Hall–Kier alpha value is -3.16. The lowest BCUT2D eigenvalue weighted by Gasteiger charge is -2.03. The Balaban J connectivity index is 1.82. The van der Waals surface area contributed by atoms with Crippen molar-refractivity contribution < 1.29 is 28.0 Å². The van der Waals surface area contributed by atoms with Crippen LogP contribution in [-0.2, 0) is 14.3 Å². The molecule has 24 heavy (non-hydrogen) atoms. The van der Waals surface area contributed by atoms with Crippen molar-refractivity contribution in [3.63, 3.8) is 0 Å². The summed E-state index contributed by atoms with van der Waals surface area (Å²) in [7, 11) is 1.36. The number of methoxy groups -OCH3 is 1. The number of nitrogens with zero attached hydrogens (tertiary/aromatic N) is 1. The minimum Gasteiger partial charge on any atom is -0.494 e. The summed E-state index contributed by atoms with van der Waals surface area (Å²) in [6.45, 7) is 1.20. The summed E-state index contributed by atoms with van der Waals surface area (Å²) in [6, 6.07) is 5.75. The van der Waals surface area contributed by atoms with Gasteiger partial charge in [-0.15, -0.1) is 0 Å². The number of carbonyl (C=O) groups excluding carboxylic acids is 2. The lowest BCUT2D eigenvalue weighted by atomic mass is 10.2. The first kappa shape index (κ1) is 17.2. The monoisotopic (exact) mass is 334 g/mol. The molecule has 126 valence electrons. The SMILES string of the molecule is COc1ccc(/C=C/C(=O)OCC(=O)Nc2cc(C)on2)cc1F. The van der Waals surface area contributed by atoms with E-state index < -0.39 is 24.3 Å². The van der Waals surface area contributed by atoms with Gasteiger partial charge in [-0.25, -0.2) is 9.18 Å². The van der Waals surface area contributed by atoms with Gasteiger partial charge in [0.1, 0.15) is 5.76 Å². The van der Waals surface area contributed by atoms with Crippen molar-refractivity contribution in [2.75, 3.05) is 19.0 Å². The molecule has 0 aliphatic rings. The normalized spacial score (nSPS) is 10.6. The second kappa shape index (κ2) is 7.91. The standard InChI is InChI=1S/C16H15FN2O5/c1-10-7-14(19-24-10)18-15(20)9-23-16(21)6-4-11-3-5-13(22-2)12(17)8-11/h3-8H,9H2,1-2H3,(H,18,19,20)/b6-4+. The van der Waals surface area contributed by atoms with Crippen LogP contribution < -0.4 is 10.1 Å². The summed E-state index contributed by atoms with van der Waals surface area (Å²) in [6.07, 6.45) is 2.46. The Kier molecular flexibility index (Phi) is 5.67. The number of esters is 1. The van der Waals surface area contributed by atoms with Gasteiger partial charge in [0, 0.05) is 12.1 Å². The number of halogens is 1. The lowest BCUT2D eigenvalue weighted by Crippen LogP contribution is -2.20. The maximum absolute atomic E-state index is 13.5. The van der Waals surface area contributed by atoms with Crippen LogP contribution >= 0.6 is 0 Å². The molecule has 0 saturated heterocycles. The number of hydrogen-bond donors (Lipinski definition) is 1. The summed E-state index contributed by atoms with van der Waals surface area (Å²) in [4.78, 5) is 23.1. The van der Waals surface area contributed by atoms with Crippen LogP contribution in [0.2, 0.25) is 0 Å². The molecular formula is C16H15FN2O5.